The minimum Gasteiger partial charge on any atom is -0.330 e. The summed E-state index contributed by atoms with van der Waals surface area (Å²) in [6, 6.07) is 3.24. The van der Waals surface area contributed by atoms with E-state index in [1.807, 2.05) is 13.8 Å². The Kier molecular flexibility index (Phi) is 6.90. The van der Waals surface area contributed by atoms with E-state index in [0.29, 0.717) is 6.54 Å². The molecule has 0 spiro atoms. The zero-order valence-electron chi connectivity index (χ0n) is 11.6. The summed E-state index contributed by atoms with van der Waals surface area (Å²) in [5, 5.41) is 0.0464. The number of halogens is 3. The SMILES string of the molecule is CN(CC(C)(C)CN)S(=O)(=O)c1cc(F)cc(Cl)c1.Cl. The molecular formula is C12H19Cl2FN2O2S. The minimum absolute atomic E-state index is 0. The fraction of sp³-hybridized carbons (Fsp3) is 0.500. The van der Waals surface area contributed by atoms with Crippen LogP contribution in [0.3, 0.4) is 0 Å². The van der Waals surface area contributed by atoms with Gasteiger partial charge in [-0.2, -0.15) is 0 Å². The van der Waals surface area contributed by atoms with E-state index in [2.05, 4.69) is 0 Å². The first kappa shape index (κ1) is 19.6. The van der Waals surface area contributed by atoms with E-state index in [4.69, 9.17) is 17.3 Å². The van der Waals surface area contributed by atoms with Crippen LogP contribution in [-0.2, 0) is 10.0 Å². The number of benzene rings is 1. The van der Waals surface area contributed by atoms with Crippen LogP contribution >= 0.6 is 24.0 Å². The largest absolute Gasteiger partial charge is 0.330 e. The van der Waals surface area contributed by atoms with Crippen molar-refractivity contribution in [3.05, 3.63) is 29.0 Å². The predicted molar refractivity (Wildman–Crippen MR) is 81.3 cm³/mol. The maximum absolute atomic E-state index is 13.2. The van der Waals surface area contributed by atoms with Crippen LogP contribution in [0.4, 0.5) is 4.39 Å². The summed E-state index contributed by atoms with van der Waals surface area (Å²) in [4.78, 5) is -0.159. The van der Waals surface area contributed by atoms with E-state index in [-0.39, 0.29) is 34.3 Å². The van der Waals surface area contributed by atoms with Crippen LogP contribution in [0.15, 0.2) is 23.1 Å². The van der Waals surface area contributed by atoms with Crippen molar-refractivity contribution in [1.82, 2.24) is 4.31 Å². The third kappa shape index (κ3) is 4.86. The van der Waals surface area contributed by atoms with E-state index >= 15 is 0 Å². The van der Waals surface area contributed by atoms with Gasteiger partial charge in [0, 0.05) is 18.6 Å². The van der Waals surface area contributed by atoms with Crippen LogP contribution in [0.1, 0.15) is 13.8 Å². The number of nitrogens with two attached hydrogens (primary N) is 1. The predicted octanol–water partition coefficient (Wildman–Crippen LogP) is 2.51. The average molecular weight is 345 g/mol. The lowest BCUT2D eigenvalue weighted by Gasteiger charge is -2.28. The van der Waals surface area contributed by atoms with E-state index < -0.39 is 15.8 Å². The van der Waals surface area contributed by atoms with Crippen LogP contribution in [-0.4, -0.2) is 32.9 Å². The fourth-order valence-corrected chi connectivity index (χ4v) is 3.31. The van der Waals surface area contributed by atoms with Crippen molar-refractivity contribution in [2.45, 2.75) is 18.7 Å². The highest BCUT2D eigenvalue weighted by Gasteiger charge is 2.27. The molecule has 0 radical (unpaired) electrons. The van der Waals surface area contributed by atoms with E-state index in [0.717, 1.165) is 16.4 Å². The molecule has 0 aliphatic carbocycles. The summed E-state index contributed by atoms with van der Waals surface area (Å²) < 4.78 is 39.0. The van der Waals surface area contributed by atoms with Crippen molar-refractivity contribution in [2.24, 2.45) is 11.1 Å². The maximum atomic E-state index is 13.2. The molecule has 8 heteroatoms. The van der Waals surface area contributed by atoms with Gasteiger partial charge in [0.1, 0.15) is 5.82 Å². The van der Waals surface area contributed by atoms with Crippen LogP contribution in [0, 0.1) is 11.2 Å². The van der Waals surface area contributed by atoms with Gasteiger partial charge in [-0.05, 0) is 30.2 Å². The highest BCUT2D eigenvalue weighted by molar-refractivity contribution is 7.89. The summed E-state index contributed by atoms with van der Waals surface area (Å²) in [7, 11) is -2.34. The Morgan fingerprint density at radius 3 is 2.35 bits per heavy atom. The lowest BCUT2D eigenvalue weighted by Crippen LogP contribution is -2.39. The van der Waals surface area contributed by atoms with Crippen molar-refractivity contribution >= 4 is 34.0 Å². The molecule has 0 amide bonds. The minimum atomic E-state index is -3.77. The first-order chi connectivity index (χ1) is 8.58. The normalized spacial score (nSPS) is 12.3. The average Bonchev–Trinajstić information content (AvgIpc) is 2.27. The second-order valence-electron chi connectivity index (χ2n) is 5.23. The molecule has 0 aromatic heterocycles. The van der Waals surface area contributed by atoms with Gasteiger partial charge in [-0.1, -0.05) is 25.4 Å². The molecular weight excluding hydrogens is 326 g/mol. The molecule has 116 valence electrons. The van der Waals surface area contributed by atoms with Gasteiger partial charge in [0.05, 0.1) is 4.90 Å². The first-order valence-electron chi connectivity index (χ1n) is 5.71. The Morgan fingerprint density at radius 1 is 1.35 bits per heavy atom. The fourth-order valence-electron chi connectivity index (χ4n) is 1.61. The summed E-state index contributed by atoms with van der Waals surface area (Å²) in [5.74, 6) is -0.683. The van der Waals surface area contributed by atoms with Crippen molar-refractivity contribution < 1.29 is 12.8 Å². The van der Waals surface area contributed by atoms with Crippen molar-refractivity contribution in [3.63, 3.8) is 0 Å². The molecule has 0 aliphatic heterocycles. The topological polar surface area (TPSA) is 63.4 Å². The Balaban J connectivity index is 0.00000361. The molecule has 20 heavy (non-hydrogen) atoms. The number of rotatable bonds is 5. The Bertz CT molecular complexity index is 544. The lowest BCUT2D eigenvalue weighted by atomic mass is 9.94. The number of sulfonamides is 1. The molecule has 2 N–H and O–H groups in total. The van der Waals surface area contributed by atoms with Crippen molar-refractivity contribution in [1.29, 1.82) is 0 Å². The van der Waals surface area contributed by atoms with Crippen molar-refractivity contribution in [2.75, 3.05) is 20.1 Å². The highest BCUT2D eigenvalue weighted by atomic mass is 35.5. The maximum Gasteiger partial charge on any atom is 0.242 e. The standard InChI is InChI=1S/C12H18ClFN2O2S.ClH/c1-12(2,7-15)8-16(3)19(17,18)11-5-9(13)4-10(14)6-11;/h4-6H,7-8,15H2,1-3H3;1H. The molecule has 0 unspecified atom stereocenters. The lowest BCUT2D eigenvalue weighted by molar-refractivity contribution is 0.292. The molecule has 1 aromatic rings. The summed E-state index contributed by atoms with van der Waals surface area (Å²) >= 11 is 5.68. The summed E-state index contributed by atoms with van der Waals surface area (Å²) in [6.45, 7) is 4.30. The molecule has 0 heterocycles. The molecule has 1 aromatic carbocycles. The van der Waals surface area contributed by atoms with Crippen LogP contribution in [0.2, 0.25) is 5.02 Å². The van der Waals surface area contributed by atoms with Gasteiger partial charge in [0.25, 0.3) is 0 Å². The zero-order valence-corrected chi connectivity index (χ0v) is 13.9. The van der Waals surface area contributed by atoms with E-state index in [9.17, 15) is 12.8 Å². The van der Waals surface area contributed by atoms with E-state index in [1.165, 1.54) is 13.1 Å². The van der Waals surface area contributed by atoms with Crippen LogP contribution < -0.4 is 5.73 Å². The molecule has 0 fully saturated rings. The molecule has 0 aliphatic rings. The smallest absolute Gasteiger partial charge is 0.242 e. The molecule has 0 atom stereocenters. The number of hydrogen-bond donors (Lipinski definition) is 1. The monoisotopic (exact) mass is 344 g/mol. The highest BCUT2D eigenvalue weighted by Crippen LogP contribution is 2.23. The molecule has 1 rings (SSSR count). The van der Waals surface area contributed by atoms with E-state index in [1.54, 1.807) is 0 Å². The third-order valence-electron chi connectivity index (χ3n) is 2.75. The number of hydrogen-bond acceptors (Lipinski definition) is 3. The van der Waals surface area contributed by atoms with Gasteiger partial charge in [0.15, 0.2) is 0 Å². The first-order valence-corrected chi connectivity index (χ1v) is 7.53. The Hall–Kier alpha value is -0.400. The molecule has 0 bridgehead atoms. The van der Waals surface area contributed by atoms with Gasteiger partial charge in [-0.3, -0.25) is 0 Å². The Labute approximate surface area is 130 Å². The van der Waals surface area contributed by atoms with Gasteiger partial charge in [0.2, 0.25) is 10.0 Å². The second-order valence-corrected chi connectivity index (χ2v) is 7.72. The van der Waals surface area contributed by atoms with Gasteiger partial charge >= 0.3 is 0 Å². The third-order valence-corrected chi connectivity index (χ3v) is 4.75. The second kappa shape index (κ2) is 7.04. The summed E-state index contributed by atoms with van der Waals surface area (Å²) in [5.41, 5.74) is 5.22. The molecule has 0 saturated heterocycles. The molecule has 4 nitrogen and oxygen atoms in total. The zero-order chi connectivity index (χ0) is 14.8. The van der Waals surface area contributed by atoms with Crippen LogP contribution in [0.25, 0.3) is 0 Å². The van der Waals surface area contributed by atoms with Gasteiger partial charge < -0.3 is 5.73 Å². The van der Waals surface area contributed by atoms with Gasteiger partial charge in [-0.25, -0.2) is 17.1 Å². The Morgan fingerprint density at radius 2 is 1.90 bits per heavy atom. The molecule has 0 saturated carbocycles. The number of nitrogens with zero attached hydrogens (tertiary/aromatic N) is 1. The van der Waals surface area contributed by atoms with Crippen LogP contribution in [0.5, 0.6) is 0 Å². The van der Waals surface area contributed by atoms with Gasteiger partial charge in [-0.15, -0.1) is 12.4 Å². The summed E-state index contributed by atoms with van der Waals surface area (Å²) in [6.07, 6.45) is 0. The van der Waals surface area contributed by atoms with Crippen molar-refractivity contribution in [3.8, 4) is 0 Å². The quantitative estimate of drug-likeness (QED) is 0.892.